The van der Waals surface area contributed by atoms with Crippen molar-refractivity contribution in [2.45, 2.75) is 64.0 Å². The fourth-order valence-electron chi connectivity index (χ4n) is 4.99. The van der Waals surface area contributed by atoms with Gasteiger partial charge >= 0.3 is 0 Å². The lowest BCUT2D eigenvalue weighted by Crippen LogP contribution is -2.45. The maximum Gasteiger partial charge on any atom is 0.255 e. The molecule has 32 heavy (non-hydrogen) atoms. The van der Waals surface area contributed by atoms with Gasteiger partial charge in [0.2, 0.25) is 0 Å². The van der Waals surface area contributed by atoms with Crippen molar-refractivity contribution in [3.05, 3.63) is 65.2 Å². The molecule has 0 unspecified atom stereocenters. The molecule has 2 aliphatic rings. The summed E-state index contributed by atoms with van der Waals surface area (Å²) in [4.78, 5) is 30.2. The molecule has 0 aromatic heterocycles. The summed E-state index contributed by atoms with van der Waals surface area (Å²) in [5.41, 5.74) is 3.67. The Morgan fingerprint density at radius 1 is 0.906 bits per heavy atom. The molecule has 1 saturated heterocycles. The van der Waals surface area contributed by atoms with Crippen LogP contribution >= 0.6 is 0 Å². The number of hydrogen-bond acceptors (Lipinski definition) is 3. The second-order valence-electron chi connectivity index (χ2n) is 9.33. The number of hydrogen-bond donors (Lipinski definition) is 1. The third kappa shape index (κ3) is 5.14. The molecular weight excluding hydrogens is 398 g/mol. The number of carbonyl (C=O) groups is 2. The van der Waals surface area contributed by atoms with Gasteiger partial charge in [0.15, 0.2) is 0 Å². The van der Waals surface area contributed by atoms with Crippen molar-refractivity contribution < 1.29 is 9.59 Å². The van der Waals surface area contributed by atoms with Crippen LogP contribution in [0.25, 0.3) is 0 Å². The van der Waals surface area contributed by atoms with Gasteiger partial charge in [-0.15, -0.1) is 0 Å². The molecule has 4 rings (SSSR count). The van der Waals surface area contributed by atoms with E-state index < -0.39 is 0 Å². The zero-order valence-corrected chi connectivity index (χ0v) is 19.3. The molecule has 5 nitrogen and oxygen atoms in total. The van der Waals surface area contributed by atoms with Gasteiger partial charge in [-0.2, -0.15) is 0 Å². The Morgan fingerprint density at radius 2 is 1.56 bits per heavy atom. The second-order valence-corrected chi connectivity index (χ2v) is 9.33. The van der Waals surface area contributed by atoms with Crippen LogP contribution in [0.5, 0.6) is 0 Å². The van der Waals surface area contributed by atoms with E-state index in [1.165, 1.54) is 19.3 Å². The lowest BCUT2D eigenvalue weighted by Gasteiger charge is -2.36. The van der Waals surface area contributed by atoms with E-state index in [1.807, 2.05) is 61.3 Å². The summed E-state index contributed by atoms with van der Waals surface area (Å²) in [6, 6.07) is 16.2. The van der Waals surface area contributed by atoms with Crippen LogP contribution in [-0.4, -0.2) is 48.9 Å². The molecule has 170 valence electrons. The molecule has 1 saturated carbocycles. The highest BCUT2D eigenvalue weighted by Crippen LogP contribution is 2.28. The van der Waals surface area contributed by atoms with Gasteiger partial charge in [-0.1, -0.05) is 49.1 Å². The number of rotatable bonds is 5. The molecule has 0 radical (unpaired) electrons. The molecule has 1 N–H and O–H groups in total. The minimum absolute atomic E-state index is 0.00636. The minimum atomic E-state index is -0.00636. The molecular formula is C27H35N3O2. The van der Waals surface area contributed by atoms with Gasteiger partial charge in [0.1, 0.15) is 0 Å². The first-order valence-corrected chi connectivity index (χ1v) is 12.0. The number of carbonyl (C=O) groups excluding carboxylic acids is 2. The molecule has 1 aliphatic carbocycles. The fraction of sp³-hybridized carbons (Fsp3) is 0.481. The lowest BCUT2D eigenvalue weighted by molar-refractivity contribution is 0.0696. The molecule has 1 aliphatic heterocycles. The summed E-state index contributed by atoms with van der Waals surface area (Å²) in [6.45, 7) is 3.68. The van der Waals surface area contributed by atoms with E-state index >= 15 is 0 Å². The molecule has 1 heterocycles. The van der Waals surface area contributed by atoms with Crippen LogP contribution in [-0.2, 0) is 0 Å². The predicted molar refractivity (Wildman–Crippen MR) is 129 cm³/mol. The number of amides is 2. The van der Waals surface area contributed by atoms with Crippen LogP contribution in [0.4, 0.5) is 5.69 Å². The van der Waals surface area contributed by atoms with Crippen molar-refractivity contribution in [1.82, 2.24) is 10.2 Å². The van der Waals surface area contributed by atoms with Gasteiger partial charge in [0.05, 0.1) is 5.56 Å². The Labute approximate surface area is 191 Å². The first-order chi connectivity index (χ1) is 15.5. The minimum Gasteiger partial charge on any atom is -0.371 e. The van der Waals surface area contributed by atoms with E-state index in [9.17, 15) is 9.59 Å². The molecule has 2 aromatic rings. The summed E-state index contributed by atoms with van der Waals surface area (Å²) in [6.07, 6.45) is 7.67. The van der Waals surface area contributed by atoms with Gasteiger partial charge in [-0.3, -0.25) is 9.59 Å². The van der Waals surface area contributed by atoms with Gasteiger partial charge in [-0.25, -0.2) is 0 Å². The molecule has 2 amide bonds. The van der Waals surface area contributed by atoms with E-state index in [-0.39, 0.29) is 17.9 Å². The predicted octanol–water partition coefficient (Wildman–Crippen LogP) is 4.80. The summed E-state index contributed by atoms with van der Waals surface area (Å²) >= 11 is 0. The van der Waals surface area contributed by atoms with Crippen molar-refractivity contribution in [3.8, 4) is 0 Å². The number of benzene rings is 2. The summed E-state index contributed by atoms with van der Waals surface area (Å²) in [7, 11) is 1.96. The van der Waals surface area contributed by atoms with Crippen molar-refractivity contribution >= 4 is 17.5 Å². The fourth-order valence-corrected chi connectivity index (χ4v) is 4.99. The Balaban J connectivity index is 1.38. The van der Waals surface area contributed by atoms with E-state index in [2.05, 4.69) is 16.3 Å². The van der Waals surface area contributed by atoms with Gasteiger partial charge in [0.25, 0.3) is 11.8 Å². The lowest BCUT2D eigenvalue weighted by atomic mass is 9.94. The highest BCUT2D eigenvalue weighted by Gasteiger charge is 2.27. The average Bonchev–Trinajstić information content (AvgIpc) is 2.84. The van der Waals surface area contributed by atoms with E-state index in [0.717, 1.165) is 55.6 Å². The van der Waals surface area contributed by atoms with Crippen LogP contribution in [0.3, 0.4) is 0 Å². The number of nitrogens with zero attached hydrogens (tertiary/aromatic N) is 2. The van der Waals surface area contributed by atoms with Gasteiger partial charge in [-0.05, 0) is 56.9 Å². The Hall–Kier alpha value is -2.82. The van der Waals surface area contributed by atoms with Crippen LogP contribution < -0.4 is 10.2 Å². The number of nitrogens with one attached hydrogen (secondary N) is 1. The molecule has 2 aromatic carbocycles. The largest absolute Gasteiger partial charge is 0.371 e. The molecule has 5 heteroatoms. The number of piperidine rings is 1. The van der Waals surface area contributed by atoms with E-state index in [4.69, 9.17) is 0 Å². The highest BCUT2D eigenvalue weighted by atomic mass is 16.2. The number of para-hydroxylation sites is 1. The summed E-state index contributed by atoms with van der Waals surface area (Å²) in [5, 5.41) is 3.18. The average molecular weight is 434 g/mol. The van der Waals surface area contributed by atoms with E-state index in [0.29, 0.717) is 11.6 Å². The van der Waals surface area contributed by atoms with Crippen LogP contribution in [0, 0.1) is 6.92 Å². The summed E-state index contributed by atoms with van der Waals surface area (Å²) in [5.74, 6) is 0.121. The van der Waals surface area contributed by atoms with Crippen LogP contribution in [0.15, 0.2) is 48.5 Å². The quantitative estimate of drug-likeness (QED) is 0.737. The topological polar surface area (TPSA) is 52.7 Å². The molecule has 2 fully saturated rings. The zero-order chi connectivity index (χ0) is 22.5. The van der Waals surface area contributed by atoms with Crippen molar-refractivity contribution in [3.63, 3.8) is 0 Å². The standard InChI is InChI=1S/C27H35N3O2/c1-20-12-14-21(15-13-20)26(31)28-22-16-18-30(19-17-22)25-11-7-6-10-24(25)27(32)29(2)23-8-4-3-5-9-23/h6-7,10-15,22-23H,3-5,8-9,16-19H2,1-2H3,(H,28,31). The first kappa shape index (κ1) is 22.4. The molecule has 0 atom stereocenters. The van der Waals surface area contributed by atoms with Crippen LogP contribution in [0.2, 0.25) is 0 Å². The molecule has 0 spiro atoms. The Kier molecular flexibility index (Phi) is 7.13. The van der Waals surface area contributed by atoms with Crippen molar-refractivity contribution in [1.29, 1.82) is 0 Å². The smallest absolute Gasteiger partial charge is 0.255 e. The van der Waals surface area contributed by atoms with Gasteiger partial charge < -0.3 is 15.1 Å². The second kappa shape index (κ2) is 10.2. The Bertz CT molecular complexity index is 926. The van der Waals surface area contributed by atoms with Crippen LogP contribution in [0.1, 0.15) is 71.2 Å². The zero-order valence-electron chi connectivity index (χ0n) is 19.3. The van der Waals surface area contributed by atoms with Crippen molar-refractivity contribution in [2.24, 2.45) is 0 Å². The summed E-state index contributed by atoms with van der Waals surface area (Å²) < 4.78 is 0. The maximum absolute atomic E-state index is 13.3. The molecule has 0 bridgehead atoms. The third-order valence-corrected chi connectivity index (χ3v) is 7.06. The first-order valence-electron chi connectivity index (χ1n) is 12.0. The highest BCUT2D eigenvalue weighted by molar-refractivity contribution is 6.00. The number of aryl methyl sites for hydroxylation is 1. The Morgan fingerprint density at radius 3 is 2.25 bits per heavy atom. The van der Waals surface area contributed by atoms with E-state index in [1.54, 1.807) is 0 Å². The monoisotopic (exact) mass is 433 g/mol. The van der Waals surface area contributed by atoms with Crippen molar-refractivity contribution in [2.75, 3.05) is 25.0 Å². The normalized spacial score (nSPS) is 17.8. The number of anilines is 1. The third-order valence-electron chi connectivity index (χ3n) is 7.06. The maximum atomic E-state index is 13.3. The van der Waals surface area contributed by atoms with Gasteiger partial charge in [0, 0.05) is 43.5 Å². The SMILES string of the molecule is Cc1ccc(C(=O)NC2CCN(c3ccccc3C(=O)N(C)C3CCCCC3)CC2)cc1.